The second-order valence-corrected chi connectivity index (χ2v) is 5.50. The van der Waals surface area contributed by atoms with Gasteiger partial charge in [-0.05, 0) is 42.5 Å². The number of hydrogen-bond donors (Lipinski definition) is 2. The molecule has 6 nitrogen and oxygen atoms in total. The van der Waals surface area contributed by atoms with Gasteiger partial charge in [0.25, 0.3) is 11.8 Å². The Morgan fingerprint density at radius 3 is 2.50 bits per heavy atom. The van der Waals surface area contributed by atoms with Crippen LogP contribution >= 0.6 is 0 Å². The Kier molecular flexibility index (Phi) is 5.24. The van der Waals surface area contributed by atoms with Crippen LogP contribution in [0.1, 0.15) is 20.7 Å². The molecular formula is C20H18N4O2. The number of aromatic nitrogens is 2. The third-order valence-electron chi connectivity index (χ3n) is 3.73. The molecule has 0 bridgehead atoms. The summed E-state index contributed by atoms with van der Waals surface area (Å²) in [6.45, 7) is 3.93. The predicted molar refractivity (Wildman–Crippen MR) is 100 cm³/mol. The van der Waals surface area contributed by atoms with Crippen molar-refractivity contribution in [2.75, 3.05) is 11.9 Å². The molecule has 2 amide bonds. The van der Waals surface area contributed by atoms with Crippen LogP contribution in [0.5, 0.6) is 0 Å². The van der Waals surface area contributed by atoms with E-state index in [0.29, 0.717) is 23.4 Å². The van der Waals surface area contributed by atoms with Gasteiger partial charge in [0.1, 0.15) is 0 Å². The number of nitrogens with one attached hydrogen (secondary N) is 2. The molecule has 0 aliphatic heterocycles. The Morgan fingerprint density at radius 1 is 1.04 bits per heavy atom. The topological polar surface area (TPSA) is 76.0 Å². The van der Waals surface area contributed by atoms with Crippen LogP contribution in [0.2, 0.25) is 0 Å². The molecule has 0 saturated carbocycles. The average Bonchev–Trinajstić information content (AvgIpc) is 3.21. The fourth-order valence-electron chi connectivity index (χ4n) is 2.43. The fourth-order valence-corrected chi connectivity index (χ4v) is 2.43. The van der Waals surface area contributed by atoms with Crippen molar-refractivity contribution in [3.63, 3.8) is 0 Å². The summed E-state index contributed by atoms with van der Waals surface area (Å²) in [4.78, 5) is 24.7. The van der Waals surface area contributed by atoms with Crippen LogP contribution < -0.4 is 10.6 Å². The minimum Gasteiger partial charge on any atom is -0.349 e. The van der Waals surface area contributed by atoms with Crippen LogP contribution in [0.25, 0.3) is 5.69 Å². The van der Waals surface area contributed by atoms with Crippen LogP contribution in [-0.4, -0.2) is 28.1 Å². The summed E-state index contributed by atoms with van der Waals surface area (Å²) in [6.07, 6.45) is 5.11. The minimum absolute atomic E-state index is 0.269. The molecule has 0 saturated heterocycles. The molecule has 3 aromatic rings. The van der Waals surface area contributed by atoms with Crippen LogP contribution in [0.4, 0.5) is 5.69 Å². The number of carbonyl (C=O) groups excluding carboxylic acids is 2. The lowest BCUT2D eigenvalue weighted by Crippen LogP contribution is -2.25. The fraction of sp³-hybridized carbons (Fsp3) is 0.0500. The molecule has 26 heavy (non-hydrogen) atoms. The second kappa shape index (κ2) is 7.94. The van der Waals surface area contributed by atoms with Crippen LogP contribution in [0.15, 0.2) is 79.6 Å². The first-order valence-electron chi connectivity index (χ1n) is 8.08. The quantitative estimate of drug-likeness (QED) is 0.674. The number of anilines is 1. The number of amides is 2. The average molecular weight is 346 g/mol. The van der Waals surface area contributed by atoms with Gasteiger partial charge in [0.2, 0.25) is 0 Å². The van der Waals surface area contributed by atoms with E-state index in [0.717, 1.165) is 5.69 Å². The Hall–Kier alpha value is -3.67. The molecule has 0 spiro atoms. The zero-order valence-corrected chi connectivity index (χ0v) is 14.1. The second-order valence-electron chi connectivity index (χ2n) is 5.50. The lowest BCUT2D eigenvalue weighted by molar-refractivity contribution is 0.0959. The molecule has 1 aromatic heterocycles. The summed E-state index contributed by atoms with van der Waals surface area (Å²) in [5.74, 6) is -0.559. The maximum Gasteiger partial charge on any atom is 0.255 e. The summed E-state index contributed by atoms with van der Waals surface area (Å²) in [7, 11) is 0. The molecule has 0 atom stereocenters. The van der Waals surface area contributed by atoms with Gasteiger partial charge in [-0.3, -0.25) is 9.59 Å². The number of para-hydroxylation sites is 1. The van der Waals surface area contributed by atoms with Crippen molar-refractivity contribution in [2.45, 2.75) is 0 Å². The highest BCUT2D eigenvalue weighted by atomic mass is 16.2. The minimum atomic E-state index is -0.291. The van der Waals surface area contributed by atoms with E-state index in [1.165, 1.54) is 0 Å². The van der Waals surface area contributed by atoms with Gasteiger partial charge < -0.3 is 10.6 Å². The third-order valence-corrected chi connectivity index (χ3v) is 3.73. The molecule has 0 radical (unpaired) electrons. The molecular weight excluding hydrogens is 328 g/mol. The van der Waals surface area contributed by atoms with Gasteiger partial charge in [-0.1, -0.05) is 18.2 Å². The van der Waals surface area contributed by atoms with Gasteiger partial charge >= 0.3 is 0 Å². The normalized spacial score (nSPS) is 10.2. The lowest BCUT2D eigenvalue weighted by Gasteiger charge is -2.11. The molecule has 1 heterocycles. The molecule has 0 fully saturated rings. The molecule has 0 aliphatic carbocycles. The number of rotatable bonds is 6. The first kappa shape index (κ1) is 17.2. The SMILES string of the molecule is C=CCNC(=O)c1ccccc1NC(=O)c1ccc(-n2cccn2)cc1. The first-order chi connectivity index (χ1) is 12.7. The van der Waals surface area contributed by atoms with E-state index in [1.807, 2.05) is 24.4 Å². The zero-order valence-electron chi connectivity index (χ0n) is 14.1. The van der Waals surface area contributed by atoms with Crippen molar-refractivity contribution in [3.05, 3.63) is 90.8 Å². The van der Waals surface area contributed by atoms with E-state index >= 15 is 0 Å². The summed E-state index contributed by atoms with van der Waals surface area (Å²) in [6, 6.07) is 15.7. The van der Waals surface area contributed by atoms with Gasteiger partial charge in [0.05, 0.1) is 16.9 Å². The van der Waals surface area contributed by atoms with Gasteiger partial charge in [-0.25, -0.2) is 4.68 Å². The van der Waals surface area contributed by atoms with Crippen molar-refractivity contribution >= 4 is 17.5 Å². The molecule has 6 heteroatoms. The Labute approximate surface area is 151 Å². The number of carbonyl (C=O) groups is 2. The number of hydrogen-bond acceptors (Lipinski definition) is 3. The lowest BCUT2D eigenvalue weighted by atomic mass is 10.1. The first-order valence-corrected chi connectivity index (χ1v) is 8.08. The summed E-state index contributed by atoms with van der Waals surface area (Å²) >= 11 is 0. The van der Waals surface area contributed by atoms with Crippen molar-refractivity contribution < 1.29 is 9.59 Å². The van der Waals surface area contributed by atoms with E-state index in [2.05, 4.69) is 22.3 Å². The maximum absolute atomic E-state index is 12.5. The van der Waals surface area contributed by atoms with Crippen LogP contribution in [0, 0.1) is 0 Å². The van der Waals surface area contributed by atoms with Crippen molar-refractivity contribution in [3.8, 4) is 5.69 Å². The largest absolute Gasteiger partial charge is 0.349 e. The molecule has 2 N–H and O–H groups in total. The highest BCUT2D eigenvalue weighted by Gasteiger charge is 2.13. The Balaban J connectivity index is 1.76. The van der Waals surface area contributed by atoms with E-state index < -0.39 is 0 Å². The molecule has 3 rings (SSSR count). The van der Waals surface area contributed by atoms with Crippen molar-refractivity contribution in [1.82, 2.24) is 15.1 Å². The molecule has 0 unspecified atom stereocenters. The highest BCUT2D eigenvalue weighted by Crippen LogP contribution is 2.17. The Morgan fingerprint density at radius 2 is 1.81 bits per heavy atom. The number of benzene rings is 2. The van der Waals surface area contributed by atoms with E-state index in [1.54, 1.807) is 53.4 Å². The van der Waals surface area contributed by atoms with Crippen molar-refractivity contribution in [2.24, 2.45) is 0 Å². The maximum atomic E-state index is 12.5. The van der Waals surface area contributed by atoms with E-state index in [4.69, 9.17) is 0 Å². The van der Waals surface area contributed by atoms with E-state index in [9.17, 15) is 9.59 Å². The monoisotopic (exact) mass is 346 g/mol. The molecule has 130 valence electrons. The third kappa shape index (κ3) is 3.87. The predicted octanol–water partition coefficient (Wildman–Crippen LogP) is 3.04. The summed E-state index contributed by atoms with van der Waals surface area (Å²) < 4.78 is 1.71. The number of nitrogens with zero attached hydrogens (tertiary/aromatic N) is 2. The van der Waals surface area contributed by atoms with Crippen molar-refractivity contribution in [1.29, 1.82) is 0 Å². The van der Waals surface area contributed by atoms with Gasteiger partial charge in [0.15, 0.2) is 0 Å². The smallest absolute Gasteiger partial charge is 0.255 e. The van der Waals surface area contributed by atoms with Crippen LogP contribution in [-0.2, 0) is 0 Å². The summed E-state index contributed by atoms with van der Waals surface area (Å²) in [5.41, 5.74) is 2.20. The Bertz CT molecular complexity index is 915. The van der Waals surface area contributed by atoms with Gasteiger partial charge in [-0.15, -0.1) is 6.58 Å². The van der Waals surface area contributed by atoms with Crippen LogP contribution in [0.3, 0.4) is 0 Å². The summed E-state index contributed by atoms with van der Waals surface area (Å²) in [5, 5.41) is 9.65. The molecule has 2 aromatic carbocycles. The van der Waals surface area contributed by atoms with Gasteiger partial charge in [0, 0.05) is 24.5 Å². The highest BCUT2D eigenvalue weighted by molar-refractivity contribution is 6.09. The molecule has 0 aliphatic rings. The standard InChI is InChI=1S/C20H18N4O2/c1-2-12-21-20(26)17-6-3-4-7-18(17)23-19(25)15-8-10-16(11-9-15)24-14-5-13-22-24/h2-11,13-14H,1,12H2,(H,21,26)(H,23,25). The zero-order chi connectivity index (χ0) is 18.4. The van der Waals surface area contributed by atoms with E-state index in [-0.39, 0.29) is 11.8 Å². The van der Waals surface area contributed by atoms with Gasteiger partial charge in [-0.2, -0.15) is 5.10 Å².